The van der Waals surface area contributed by atoms with Gasteiger partial charge in [0.2, 0.25) is 0 Å². The fraction of sp³-hybridized carbons (Fsp3) is 0.357. The number of nitrogens with zero attached hydrogens (tertiary/aromatic N) is 3. The Morgan fingerprint density at radius 2 is 2.15 bits per heavy atom. The van der Waals surface area contributed by atoms with Crippen LogP contribution in [0.1, 0.15) is 31.3 Å². The molecule has 0 atom stereocenters. The monoisotopic (exact) mass is 336 g/mol. The summed E-state index contributed by atoms with van der Waals surface area (Å²) in [5.41, 5.74) is 2.43. The van der Waals surface area contributed by atoms with Crippen LogP contribution in [-0.2, 0) is 6.54 Å². The molecule has 6 heteroatoms. The lowest BCUT2D eigenvalue weighted by Gasteiger charge is -2.12. The molecule has 2 aromatic heterocycles. The van der Waals surface area contributed by atoms with E-state index in [1.807, 2.05) is 39.0 Å². The number of pyridine rings is 1. The van der Waals surface area contributed by atoms with Crippen molar-refractivity contribution in [1.82, 2.24) is 14.8 Å². The van der Waals surface area contributed by atoms with Gasteiger partial charge in [-0.3, -0.25) is 9.78 Å². The maximum Gasteiger partial charge on any atom is 0.283 e. The number of hydrogen-bond acceptors (Lipinski definition) is 4. The van der Waals surface area contributed by atoms with Gasteiger partial charge in [0.05, 0.1) is 30.2 Å². The third-order valence-corrected chi connectivity index (χ3v) is 3.61. The van der Waals surface area contributed by atoms with Crippen molar-refractivity contribution in [2.45, 2.75) is 33.4 Å². The van der Waals surface area contributed by atoms with Crippen LogP contribution < -0.4 is 10.9 Å². The molecule has 0 aliphatic carbocycles. The summed E-state index contributed by atoms with van der Waals surface area (Å²) in [6.45, 7) is 6.34. The lowest BCUT2D eigenvalue weighted by Crippen LogP contribution is -2.26. The molecule has 5 nitrogen and oxygen atoms in total. The Hall–Kier alpha value is -1.69. The van der Waals surface area contributed by atoms with Gasteiger partial charge in [0, 0.05) is 5.69 Å². The van der Waals surface area contributed by atoms with Gasteiger partial charge in [0.15, 0.2) is 0 Å². The molecule has 0 unspecified atom stereocenters. The van der Waals surface area contributed by atoms with Gasteiger partial charge < -0.3 is 5.32 Å². The highest BCUT2D eigenvalue weighted by molar-refractivity contribution is 9.10. The number of aryl methyl sites for hydroxylation is 1. The molecule has 20 heavy (non-hydrogen) atoms. The van der Waals surface area contributed by atoms with Gasteiger partial charge in [-0.25, -0.2) is 4.68 Å². The van der Waals surface area contributed by atoms with E-state index in [0.717, 1.165) is 11.4 Å². The van der Waals surface area contributed by atoms with Crippen molar-refractivity contribution in [2.75, 3.05) is 5.32 Å². The van der Waals surface area contributed by atoms with E-state index in [1.165, 1.54) is 4.68 Å². The van der Waals surface area contributed by atoms with Crippen molar-refractivity contribution in [2.24, 2.45) is 0 Å². The first-order valence-electron chi connectivity index (χ1n) is 6.42. The zero-order valence-electron chi connectivity index (χ0n) is 11.7. The Kier molecular flexibility index (Phi) is 4.54. The summed E-state index contributed by atoms with van der Waals surface area (Å²) >= 11 is 3.33. The molecule has 0 aromatic carbocycles. The molecule has 0 radical (unpaired) electrons. The van der Waals surface area contributed by atoms with Crippen LogP contribution in [0.25, 0.3) is 0 Å². The second kappa shape index (κ2) is 6.17. The van der Waals surface area contributed by atoms with E-state index in [9.17, 15) is 4.79 Å². The summed E-state index contributed by atoms with van der Waals surface area (Å²) in [5.74, 6) is 0. The maximum atomic E-state index is 12.1. The quantitative estimate of drug-likeness (QED) is 0.932. The number of nitrogens with one attached hydrogen (secondary N) is 1. The van der Waals surface area contributed by atoms with Gasteiger partial charge in [-0.05, 0) is 48.8 Å². The normalized spacial score (nSPS) is 10.8. The minimum absolute atomic E-state index is 0.0336. The zero-order valence-corrected chi connectivity index (χ0v) is 13.3. The van der Waals surface area contributed by atoms with Gasteiger partial charge in [0.25, 0.3) is 5.56 Å². The van der Waals surface area contributed by atoms with Crippen molar-refractivity contribution in [1.29, 1.82) is 0 Å². The van der Waals surface area contributed by atoms with Gasteiger partial charge in [0.1, 0.15) is 4.47 Å². The number of halogens is 1. The Labute approximate surface area is 126 Å². The lowest BCUT2D eigenvalue weighted by molar-refractivity contribution is 0.501. The van der Waals surface area contributed by atoms with E-state index in [2.05, 4.69) is 31.3 Å². The minimum atomic E-state index is -0.137. The highest BCUT2D eigenvalue weighted by Crippen LogP contribution is 2.17. The average Bonchev–Trinajstić information content (AvgIpc) is 2.40. The lowest BCUT2D eigenvalue weighted by atomic mass is 10.3. The molecule has 2 rings (SSSR count). The SMILES string of the molecule is Cc1cccc(CNc2cnn(C(C)C)c(=O)c2Br)n1. The Bertz CT molecular complexity index is 666. The topological polar surface area (TPSA) is 59.8 Å². The van der Waals surface area contributed by atoms with Crippen molar-refractivity contribution in [3.8, 4) is 0 Å². The predicted octanol–water partition coefficient (Wildman–Crippen LogP) is 2.90. The van der Waals surface area contributed by atoms with Crippen LogP contribution in [0.15, 0.2) is 33.7 Å². The first-order valence-corrected chi connectivity index (χ1v) is 7.22. The Balaban J connectivity index is 2.19. The smallest absolute Gasteiger partial charge is 0.283 e. The Morgan fingerprint density at radius 3 is 2.80 bits per heavy atom. The van der Waals surface area contributed by atoms with E-state index < -0.39 is 0 Å². The van der Waals surface area contributed by atoms with Crippen molar-refractivity contribution in [3.63, 3.8) is 0 Å². The molecule has 1 N–H and O–H groups in total. The second-order valence-corrected chi connectivity index (χ2v) is 5.63. The zero-order chi connectivity index (χ0) is 14.7. The molecule has 0 saturated carbocycles. The molecular weight excluding hydrogens is 320 g/mol. The fourth-order valence-electron chi connectivity index (χ4n) is 1.82. The Morgan fingerprint density at radius 1 is 1.40 bits per heavy atom. The molecule has 2 heterocycles. The highest BCUT2D eigenvalue weighted by Gasteiger charge is 2.10. The highest BCUT2D eigenvalue weighted by atomic mass is 79.9. The molecule has 0 amide bonds. The largest absolute Gasteiger partial charge is 0.377 e. The third-order valence-electron chi connectivity index (χ3n) is 2.84. The summed E-state index contributed by atoms with van der Waals surface area (Å²) in [6.07, 6.45) is 1.65. The van der Waals surface area contributed by atoms with E-state index in [0.29, 0.717) is 16.7 Å². The summed E-state index contributed by atoms with van der Waals surface area (Å²) in [7, 11) is 0. The maximum absolute atomic E-state index is 12.1. The summed E-state index contributed by atoms with van der Waals surface area (Å²) in [6, 6.07) is 5.89. The van der Waals surface area contributed by atoms with Gasteiger partial charge in [-0.15, -0.1) is 0 Å². The molecule has 0 aliphatic heterocycles. The summed E-state index contributed by atoms with van der Waals surface area (Å²) < 4.78 is 1.94. The van der Waals surface area contributed by atoms with Crippen LogP contribution in [0.3, 0.4) is 0 Å². The average molecular weight is 337 g/mol. The van der Waals surface area contributed by atoms with Crippen molar-refractivity contribution < 1.29 is 0 Å². The molecule has 0 fully saturated rings. The number of hydrogen-bond donors (Lipinski definition) is 1. The van der Waals surface area contributed by atoms with Crippen LogP contribution in [-0.4, -0.2) is 14.8 Å². The number of anilines is 1. The van der Waals surface area contributed by atoms with Crippen LogP contribution in [0.4, 0.5) is 5.69 Å². The van der Waals surface area contributed by atoms with Gasteiger partial charge in [-0.2, -0.15) is 5.10 Å². The molecular formula is C14H17BrN4O. The van der Waals surface area contributed by atoms with Crippen molar-refractivity contribution in [3.05, 3.63) is 50.6 Å². The molecule has 0 saturated heterocycles. The standard InChI is InChI=1S/C14H17BrN4O/c1-9(2)19-14(20)13(15)12(8-17-19)16-7-11-6-4-5-10(3)18-11/h4-6,8-9,16H,7H2,1-3H3. The first-order chi connectivity index (χ1) is 9.49. The van der Waals surface area contributed by atoms with Crippen LogP contribution >= 0.6 is 15.9 Å². The molecule has 106 valence electrons. The van der Waals surface area contributed by atoms with E-state index in [4.69, 9.17) is 0 Å². The third kappa shape index (κ3) is 3.25. The van der Waals surface area contributed by atoms with Crippen molar-refractivity contribution >= 4 is 21.6 Å². The predicted molar refractivity (Wildman–Crippen MR) is 82.9 cm³/mol. The van der Waals surface area contributed by atoms with Crippen LogP contribution in [0.5, 0.6) is 0 Å². The number of aromatic nitrogens is 3. The van der Waals surface area contributed by atoms with E-state index >= 15 is 0 Å². The minimum Gasteiger partial charge on any atom is -0.377 e. The van der Waals surface area contributed by atoms with Crippen LogP contribution in [0.2, 0.25) is 0 Å². The second-order valence-electron chi connectivity index (χ2n) is 4.84. The number of rotatable bonds is 4. The molecule has 2 aromatic rings. The first kappa shape index (κ1) is 14.7. The van der Waals surface area contributed by atoms with E-state index in [-0.39, 0.29) is 11.6 Å². The molecule has 0 bridgehead atoms. The van der Waals surface area contributed by atoms with Gasteiger partial charge in [-0.1, -0.05) is 6.07 Å². The molecule has 0 aliphatic rings. The molecule has 0 spiro atoms. The fourth-order valence-corrected chi connectivity index (χ4v) is 2.24. The summed E-state index contributed by atoms with van der Waals surface area (Å²) in [5, 5.41) is 7.34. The summed E-state index contributed by atoms with van der Waals surface area (Å²) in [4.78, 5) is 16.5. The van der Waals surface area contributed by atoms with Gasteiger partial charge >= 0.3 is 0 Å². The van der Waals surface area contributed by atoms with E-state index in [1.54, 1.807) is 6.20 Å². The van der Waals surface area contributed by atoms with Crippen LogP contribution in [0, 0.1) is 6.92 Å².